The molecule has 1 aromatic carbocycles. The molecule has 0 bridgehead atoms. The first-order valence-electron chi connectivity index (χ1n) is 8.44. The van der Waals surface area contributed by atoms with E-state index in [1.54, 1.807) is 6.08 Å². The number of hydrogen-bond acceptors (Lipinski definition) is 5. The molecule has 2 aromatic heterocycles. The normalized spacial score (nSPS) is 12.4. The largest absolute Gasteiger partial charge is 0.452 e. The smallest absolute Gasteiger partial charge is 0.340 e. The summed E-state index contributed by atoms with van der Waals surface area (Å²) in [6.45, 7) is 1.58. The maximum absolute atomic E-state index is 12.6. The van der Waals surface area contributed by atoms with Gasteiger partial charge in [-0.1, -0.05) is 42.5 Å². The van der Waals surface area contributed by atoms with Crippen LogP contribution in [-0.4, -0.2) is 18.5 Å². The van der Waals surface area contributed by atoms with Gasteiger partial charge in [0.2, 0.25) is 0 Å². The van der Waals surface area contributed by atoms with Crippen LogP contribution >= 0.6 is 22.7 Å². The van der Waals surface area contributed by atoms with Gasteiger partial charge in [0, 0.05) is 9.75 Å². The molecule has 0 fully saturated rings. The van der Waals surface area contributed by atoms with Gasteiger partial charge in [-0.15, -0.1) is 22.7 Å². The zero-order valence-corrected chi connectivity index (χ0v) is 16.4. The van der Waals surface area contributed by atoms with Crippen molar-refractivity contribution in [1.29, 1.82) is 0 Å². The first kappa shape index (κ1) is 19.1. The van der Waals surface area contributed by atoms with E-state index in [1.165, 1.54) is 22.7 Å². The van der Waals surface area contributed by atoms with Gasteiger partial charge in [-0.25, -0.2) is 4.79 Å². The van der Waals surface area contributed by atoms with Gasteiger partial charge in [-0.05, 0) is 41.5 Å². The number of ether oxygens (including phenoxy) is 1. The molecule has 4 nitrogen and oxygen atoms in total. The van der Waals surface area contributed by atoms with E-state index < -0.39 is 5.97 Å². The Bertz CT molecular complexity index is 900. The summed E-state index contributed by atoms with van der Waals surface area (Å²) in [5.74, 6) is -0.838. The highest BCUT2D eigenvalue weighted by atomic mass is 32.1. The van der Waals surface area contributed by atoms with Gasteiger partial charge in [0.05, 0.1) is 11.6 Å². The van der Waals surface area contributed by atoms with Crippen molar-refractivity contribution in [2.24, 2.45) is 0 Å². The molecule has 1 N–H and O–H groups in total. The third-order valence-electron chi connectivity index (χ3n) is 3.85. The number of amides is 1. The van der Waals surface area contributed by atoms with E-state index in [4.69, 9.17) is 4.74 Å². The van der Waals surface area contributed by atoms with Crippen LogP contribution in [0.4, 0.5) is 0 Å². The molecular formula is C21H19NO3S2. The van der Waals surface area contributed by atoms with Crippen LogP contribution < -0.4 is 5.32 Å². The lowest BCUT2D eigenvalue weighted by molar-refractivity contribution is -0.143. The van der Waals surface area contributed by atoms with Crippen LogP contribution in [0.2, 0.25) is 0 Å². The van der Waals surface area contributed by atoms with Gasteiger partial charge in [0.25, 0.3) is 5.91 Å². The number of benzene rings is 1. The van der Waals surface area contributed by atoms with Crippen LogP contribution in [-0.2, 0) is 14.3 Å². The van der Waals surface area contributed by atoms with E-state index in [0.29, 0.717) is 5.57 Å². The molecular weight excluding hydrogens is 378 g/mol. The van der Waals surface area contributed by atoms with E-state index in [0.717, 1.165) is 15.3 Å². The Balaban J connectivity index is 1.62. The zero-order chi connectivity index (χ0) is 19.1. The second kappa shape index (κ2) is 9.30. The van der Waals surface area contributed by atoms with E-state index in [1.807, 2.05) is 72.3 Å². The van der Waals surface area contributed by atoms with Gasteiger partial charge >= 0.3 is 5.97 Å². The average molecular weight is 398 g/mol. The SMILES string of the molecule is C[C@@H](NC(=O)COC(=O)/C(=C/c1cccs1)c1cccs1)c1ccccc1. The Hall–Kier alpha value is -2.70. The third kappa shape index (κ3) is 5.39. The summed E-state index contributed by atoms with van der Waals surface area (Å²) in [7, 11) is 0. The highest BCUT2D eigenvalue weighted by Gasteiger charge is 2.17. The van der Waals surface area contributed by atoms with Crippen LogP contribution in [0.3, 0.4) is 0 Å². The topological polar surface area (TPSA) is 55.4 Å². The molecule has 6 heteroatoms. The Morgan fingerprint density at radius 2 is 1.78 bits per heavy atom. The van der Waals surface area contributed by atoms with Gasteiger partial charge in [-0.3, -0.25) is 4.79 Å². The van der Waals surface area contributed by atoms with Crippen molar-refractivity contribution in [2.45, 2.75) is 13.0 Å². The number of thiophene rings is 2. The molecule has 1 amide bonds. The van der Waals surface area contributed by atoms with Crippen molar-refractivity contribution in [3.63, 3.8) is 0 Å². The molecule has 0 aliphatic carbocycles. The molecule has 0 saturated carbocycles. The predicted octanol–water partition coefficient (Wildman–Crippen LogP) is 4.77. The monoisotopic (exact) mass is 397 g/mol. The van der Waals surface area contributed by atoms with Gasteiger partial charge in [0.1, 0.15) is 0 Å². The van der Waals surface area contributed by atoms with Gasteiger partial charge in [-0.2, -0.15) is 0 Å². The summed E-state index contributed by atoms with van der Waals surface area (Å²) >= 11 is 3.00. The fourth-order valence-electron chi connectivity index (χ4n) is 2.50. The number of carbonyl (C=O) groups excluding carboxylic acids is 2. The first-order valence-corrected chi connectivity index (χ1v) is 10.2. The number of hydrogen-bond donors (Lipinski definition) is 1. The Morgan fingerprint density at radius 3 is 2.44 bits per heavy atom. The maximum atomic E-state index is 12.6. The molecule has 0 aliphatic heterocycles. The number of nitrogens with one attached hydrogen (secondary N) is 1. The Labute approximate surface area is 166 Å². The highest BCUT2D eigenvalue weighted by molar-refractivity contribution is 7.12. The minimum Gasteiger partial charge on any atom is -0.452 e. The van der Waals surface area contributed by atoms with Crippen molar-refractivity contribution < 1.29 is 14.3 Å². The second-order valence-electron chi connectivity index (χ2n) is 5.83. The fourth-order valence-corrected chi connectivity index (χ4v) is 3.88. The summed E-state index contributed by atoms with van der Waals surface area (Å²) in [5.41, 5.74) is 1.45. The molecule has 1 atom stereocenters. The van der Waals surface area contributed by atoms with Crippen LogP contribution in [0.1, 0.15) is 28.3 Å². The summed E-state index contributed by atoms with van der Waals surface area (Å²) in [5, 5.41) is 6.69. The quantitative estimate of drug-likeness (QED) is 0.461. The lowest BCUT2D eigenvalue weighted by atomic mass is 10.1. The van der Waals surface area contributed by atoms with Crippen molar-refractivity contribution in [2.75, 3.05) is 6.61 Å². The van der Waals surface area contributed by atoms with Crippen LogP contribution in [0.25, 0.3) is 11.6 Å². The highest BCUT2D eigenvalue weighted by Crippen LogP contribution is 2.25. The Morgan fingerprint density at radius 1 is 1.04 bits per heavy atom. The molecule has 0 spiro atoms. The molecule has 27 heavy (non-hydrogen) atoms. The fraction of sp³-hybridized carbons (Fsp3) is 0.143. The number of esters is 1. The molecule has 0 aliphatic rings. The molecule has 0 saturated heterocycles. The van der Waals surface area contributed by atoms with E-state index >= 15 is 0 Å². The zero-order valence-electron chi connectivity index (χ0n) is 14.8. The molecule has 138 valence electrons. The van der Waals surface area contributed by atoms with E-state index in [-0.39, 0.29) is 18.6 Å². The van der Waals surface area contributed by atoms with Crippen LogP contribution in [0.5, 0.6) is 0 Å². The van der Waals surface area contributed by atoms with Gasteiger partial charge < -0.3 is 10.1 Å². The summed E-state index contributed by atoms with van der Waals surface area (Å²) in [6, 6.07) is 17.1. The first-order chi connectivity index (χ1) is 13.1. The van der Waals surface area contributed by atoms with Crippen molar-refractivity contribution in [1.82, 2.24) is 5.32 Å². The number of rotatable bonds is 7. The molecule has 0 unspecified atom stereocenters. The van der Waals surface area contributed by atoms with Crippen molar-refractivity contribution >= 4 is 46.2 Å². The lowest BCUT2D eigenvalue weighted by Crippen LogP contribution is -2.31. The lowest BCUT2D eigenvalue weighted by Gasteiger charge is -2.14. The minimum atomic E-state index is -0.506. The standard InChI is InChI=1S/C21H19NO3S2/c1-15(16-7-3-2-4-8-16)22-20(23)14-25-21(24)18(19-10-6-12-27-19)13-17-9-5-11-26-17/h2-13,15H,14H2,1H3,(H,22,23)/b18-13+/t15-/m1/s1. The van der Waals surface area contributed by atoms with E-state index in [9.17, 15) is 9.59 Å². The minimum absolute atomic E-state index is 0.157. The summed E-state index contributed by atoms with van der Waals surface area (Å²) in [4.78, 5) is 26.5. The van der Waals surface area contributed by atoms with Crippen molar-refractivity contribution in [3.05, 3.63) is 80.7 Å². The van der Waals surface area contributed by atoms with Gasteiger partial charge in [0.15, 0.2) is 6.61 Å². The molecule has 0 radical (unpaired) electrons. The summed E-state index contributed by atoms with van der Waals surface area (Å²) in [6.07, 6.45) is 1.79. The maximum Gasteiger partial charge on any atom is 0.340 e. The number of carbonyl (C=O) groups is 2. The molecule has 3 aromatic rings. The van der Waals surface area contributed by atoms with E-state index in [2.05, 4.69) is 5.32 Å². The predicted molar refractivity (Wildman–Crippen MR) is 110 cm³/mol. The second-order valence-corrected chi connectivity index (χ2v) is 7.75. The third-order valence-corrected chi connectivity index (χ3v) is 5.57. The Kier molecular flexibility index (Phi) is 6.57. The molecule has 3 rings (SSSR count). The van der Waals surface area contributed by atoms with Crippen LogP contribution in [0, 0.1) is 0 Å². The summed E-state index contributed by atoms with van der Waals surface area (Å²) < 4.78 is 5.27. The average Bonchev–Trinajstić information content (AvgIpc) is 3.38. The van der Waals surface area contributed by atoms with Crippen LogP contribution in [0.15, 0.2) is 65.4 Å². The molecule has 2 heterocycles. The van der Waals surface area contributed by atoms with Crippen molar-refractivity contribution in [3.8, 4) is 0 Å².